The minimum Gasteiger partial charge on any atom is -0.357 e. The van der Waals surface area contributed by atoms with Crippen LogP contribution < -0.4 is 10.6 Å². The Kier molecular flexibility index (Phi) is 8.66. The number of aliphatic imine (C=N–C) groups is 1. The average Bonchev–Trinajstić information content (AvgIpc) is 3.00. The number of hydrogen-bond donors (Lipinski definition) is 2. The van der Waals surface area contributed by atoms with E-state index in [0.29, 0.717) is 24.6 Å². The Morgan fingerprint density at radius 3 is 2.75 bits per heavy atom. The monoisotopic (exact) mass is 446 g/mol. The fourth-order valence-electron chi connectivity index (χ4n) is 2.16. The zero-order valence-electron chi connectivity index (χ0n) is 14.2. The summed E-state index contributed by atoms with van der Waals surface area (Å²) in [5, 5.41) is 14.4. The van der Waals surface area contributed by atoms with Gasteiger partial charge in [0, 0.05) is 13.1 Å². The standard InChI is InChI=1S/C16H23FN6.HI/c1-4-18-16(20-10-15-22-21-11-23(15)5-2)19-9-13-6-7-14(17)12(3)8-13;/h6-8,11H,4-5,9-10H2,1-3H3,(H2,18,19,20);1H. The first kappa shape index (κ1) is 20.3. The molecule has 1 aromatic carbocycles. The van der Waals surface area contributed by atoms with Gasteiger partial charge in [0.25, 0.3) is 0 Å². The Labute approximate surface area is 159 Å². The molecule has 0 bridgehead atoms. The number of halogens is 2. The number of guanidine groups is 1. The molecule has 0 radical (unpaired) electrons. The lowest BCUT2D eigenvalue weighted by Gasteiger charge is -2.11. The number of benzene rings is 1. The van der Waals surface area contributed by atoms with E-state index in [1.165, 1.54) is 6.07 Å². The number of aromatic nitrogens is 3. The first-order valence-electron chi connectivity index (χ1n) is 7.78. The van der Waals surface area contributed by atoms with Crippen LogP contribution in [0.1, 0.15) is 30.8 Å². The van der Waals surface area contributed by atoms with Crippen molar-refractivity contribution < 1.29 is 4.39 Å². The molecule has 1 aromatic heterocycles. The Hall–Kier alpha value is -1.71. The summed E-state index contributed by atoms with van der Waals surface area (Å²) in [6.45, 7) is 8.42. The fraction of sp³-hybridized carbons (Fsp3) is 0.438. The van der Waals surface area contributed by atoms with E-state index in [0.717, 1.165) is 24.5 Å². The van der Waals surface area contributed by atoms with Gasteiger partial charge < -0.3 is 15.2 Å². The van der Waals surface area contributed by atoms with Gasteiger partial charge in [0.15, 0.2) is 11.8 Å². The number of nitrogens with zero attached hydrogens (tertiary/aromatic N) is 4. The van der Waals surface area contributed by atoms with Gasteiger partial charge in [-0.05, 0) is 38.0 Å². The summed E-state index contributed by atoms with van der Waals surface area (Å²) in [7, 11) is 0. The highest BCUT2D eigenvalue weighted by atomic mass is 127. The zero-order chi connectivity index (χ0) is 16.7. The van der Waals surface area contributed by atoms with Crippen molar-refractivity contribution in [1.82, 2.24) is 25.4 Å². The lowest BCUT2D eigenvalue weighted by Crippen LogP contribution is -2.37. The van der Waals surface area contributed by atoms with Crippen LogP contribution in [-0.2, 0) is 19.6 Å². The van der Waals surface area contributed by atoms with Crippen molar-refractivity contribution >= 4 is 29.9 Å². The zero-order valence-corrected chi connectivity index (χ0v) is 16.5. The Balaban J connectivity index is 0.00000288. The Morgan fingerprint density at radius 2 is 2.08 bits per heavy atom. The van der Waals surface area contributed by atoms with Gasteiger partial charge >= 0.3 is 0 Å². The summed E-state index contributed by atoms with van der Waals surface area (Å²) in [4.78, 5) is 4.52. The molecular weight excluding hydrogens is 422 g/mol. The molecular formula is C16H24FIN6. The molecule has 0 saturated heterocycles. The summed E-state index contributed by atoms with van der Waals surface area (Å²) in [6, 6.07) is 5.05. The predicted octanol–water partition coefficient (Wildman–Crippen LogP) is 2.62. The van der Waals surface area contributed by atoms with Crippen LogP contribution in [0.5, 0.6) is 0 Å². The van der Waals surface area contributed by atoms with Gasteiger partial charge in [-0.25, -0.2) is 9.38 Å². The third-order valence-electron chi connectivity index (χ3n) is 3.44. The summed E-state index contributed by atoms with van der Waals surface area (Å²) >= 11 is 0. The molecule has 1 heterocycles. The van der Waals surface area contributed by atoms with Crippen molar-refractivity contribution in [1.29, 1.82) is 0 Å². The third kappa shape index (κ3) is 5.73. The van der Waals surface area contributed by atoms with E-state index < -0.39 is 0 Å². The largest absolute Gasteiger partial charge is 0.357 e. The maximum atomic E-state index is 13.3. The van der Waals surface area contributed by atoms with Gasteiger partial charge in [-0.15, -0.1) is 34.2 Å². The molecule has 0 aliphatic heterocycles. The molecule has 0 unspecified atom stereocenters. The molecule has 8 heteroatoms. The molecule has 0 spiro atoms. The molecule has 24 heavy (non-hydrogen) atoms. The second-order valence-electron chi connectivity index (χ2n) is 5.17. The minimum absolute atomic E-state index is 0. The fourth-order valence-corrected chi connectivity index (χ4v) is 2.16. The van der Waals surface area contributed by atoms with Crippen molar-refractivity contribution in [2.24, 2.45) is 4.99 Å². The van der Waals surface area contributed by atoms with Gasteiger partial charge in [-0.2, -0.15) is 0 Å². The van der Waals surface area contributed by atoms with Crippen LogP contribution in [0.3, 0.4) is 0 Å². The van der Waals surface area contributed by atoms with Crippen LogP contribution in [0.15, 0.2) is 29.5 Å². The Morgan fingerprint density at radius 1 is 1.29 bits per heavy atom. The van der Waals surface area contributed by atoms with Gasteiger partial charge in [-0.1, -0.05) is 12.1 Å². The quantitative estimate of drug-likeness (QED) is 0.407. The average molecular weight is 446 g/mol. The van der Waals surface area contributed by atoms with E-state index >= 15 is 0 Å². The lowest BCUT2D eigenvalue weighted by atomic mass is 10.1. The maximum absolute atomic E-state index is 13.3. The highest BCUT2D eigenvalue weighted by Gasteiger charge is 2.04. The lowest BCUT2D eigenvalue weighted by molar-refractivity contribution is 0.617. The van der Waals surface area contributed by atoms with E-state index in [-0.39, 0.29) is 29.8 Å². The van der Waals surface area contributed by atoms with Crippen molar-refractivity contribution in [2.75, 3.05) is 6.54 Å². The van der Waals surface area contributed by atoms with Crippen LogP contribution in [0.25, 0.3) is 0 Å². The molecule has 2 N–H and O–H groups in total. The summed E-state index contributed by atoms with van der Waals surface area (Å²) in [5.74, 6) is 1.36. The van der Waals surface area contributed by atoms with Crippen LogP contribution in [-0.4, -0.2) is 27.3 Å². The molecule has 0 atom stereocenters. The van der Waals surface area contributed by atoms with Gasteiger partial charge in [0.2, 0.25) is 0 Å². The molecule has 132 valence electrons. The molecule has 0 aliphatic carbocycles. The van der Waals surface area contributed by atoms with Gasteiger partial charge in [0.05, 0.1) is 13.1 Å². The molecule has 0 fully saturated rings. The van der Waals surface area contributed by atoms with Crippen molar-refractivity contribution in [3.63, 3.8) is 0 Å². The molecule has 0 saturated carbocycles. The molecule has 0 amide bonds. The SMILES string of the molecule is CCNC(=NCc1ccc(F)c(C)c1)NCc1nncn1CC.I. The van der Waals surface area contributed by atoms with E-state index in [1.807, 2.05) is 24.5 Å². The second-order valence-corrected chi connectivity index (χ2v) is 5.17. The number of hydrogen-bond acceptors (Lipinski definition) is 3. The van der Waals surface area contributed by atoms with Crippen LogP contribution in [0.4, 0.5) is 4.39 Å². The minimum atomic E-state index is -0.193. The van der Waals surface area contributed by atoms with Gasteiger partial charge in [0.1, 0.15) is 12.1 Å². The first-order valence-corrected chi connectivity index (χ1v) is 7.78. The third-order valence-corrected chi connectivity index (χ3v) is 3.44. The summed E-state index contributed by atoms with van der Waals surface area (Å²) in [6.07, 6.45) is 1.71. The van der Waals surface area contributed by atoms with E-state index in [4.69, 9.17) is 0 Å². The summed E-state index contributed by atoms with van der Waals surface area (Å²) < 4.78 is 15.3. The number of rotatable bonds is 6. The number of aryl methyl sites for hydroxylation is 2. The topological polar surface area (TPSA) is 67.1 Å². The maximum Gasteiger partial charge on any atom is 0.191 e. The van der Waals surface area contributed by atoms with Crippen molar-refractivity contribution in [3.05, 3.63) is 47.3 Å². The van der Waals surface area contributed by atoms with Gasteiger partial charge in [-0.3, -0.25) is 0 Å². The highest BCUT2D eigenvalue weighted by molar-refractivity contribution is 14.0. The molecule has 0 aliphatic rings. The predicted molar refractivity (Wildman–Crippen MR) is 104 cm³/mol. The molecule has 2 rings (SSSR count). The summed E-state index contributed by atoms with van der Waals surface area (Å²) in [5.41, 5.74) is 1.60. The van der Waals surface area contributed by atoms with Crippen LogP contribution in [0.2, 0.25) is 0 Å². The van der Waals surface area contributed by atoms with Crippen LogP contribution in [0, 0.1) is 12.7 Å². The first-order chi connectivity index (χ1) is 11.1. The molecule has 2 aromatic rings. The Bertz CT molecular complexity index is 670. The van der Waals surface area contributed by atoms with Crippen LogP contribution >= 0.6 is 24.0 Å². The normalized spacial score (nSPS) is 11.1. The smallest absolute Gasteiger partial charge is 0.191 e. The second kappa shape index (κ2) is 10.2. The van der Waals surface area contributed by atoms with Crippen molar-refractivity contribution in [3.8, 4) is 0 Å². The van der Waals surface area contributed by atoms with Crippen molar-refractivity contribution in [2.45, 2.75) is 40.4 Å². The number of nitrogens with one attached hydrogen (secondary N) is 2. The van der Waals surface area contributed by atoms with E-state index in [9.17, 15) is 4.39 Å². The van der Waals surface area contributed by atoms with E-state index in [2.05, 4.69) is 25.8 Å². The molecule has 6 nitrogen and oxygen atoms in total. The van der Waals surface area contributed by atoms with E-state index in [1.54, 1.807) is 19.3 Å². The highest BCUT2D eigenvalue weighted by Crippen LogP contribution is 2.10.